The van der Waals surface area contributed by atoms with Crippen molar-refractivity contribution < 1.29 is 14.6 Å². The molecule has 4 nitrogen and oxygen atoms in total. The molecule has 94 valence electrons. The number of esters is 1. The molecule has 2 N–H and O–H groups in total. The molecular formula is C12H23NO3. The Morgan fingerprint density at radius 1 is 1.38 bits per heavy atom. The number of carbonyl (C=O) groups excluding carboxylic acids is 1. The van der Waals surface area contributed by atoms with Crippen LogP contribution in [0.2, 0.25) is 0 Å². The number of aliphatic hydroxyl groups excluding tert-OH is 1. The molecule has 0 radical (unpaired) electrons. The van der Waals surface area contributed by atoms with Crippen molar-refractivity contribution in [2.75, 3.05) is 6.54 Å². The lowest BCUT2D eigenvalue weighted by Crippen LogP contribution is -2.42. The Hall–Kier alpha value is -0.610. The summed E-state index contributed by atoms with van der Waals surface area (Å²) in [5, 5.41) is 12.9. The van der Waals surface area contributed by atoms with Gasteiger partial charge < -0.3 is 15.2 Å². The van der Waals surface area contributed by atoms with Crippen molar-refractivity contribution in [3.63, 3.8) is 0 Å². The van der Waals surface area contributed by atoms with Crippen molar-refractivity contribution >= 4 is 5.97 Å². The summed E-state index contributed by atoms with van der Waals surface area (Å²) in [5.41, 5.74) is 0. The molecule has 0 saturated heterocycles. The highest BCUT2D eigenvalue weighted by molar-refractivity contribution is 5.71. The normalized spacial score (nSPS) is 26.5. The zero-order valence-electron chi connectivity index (χ0n) is 10.2. The smallest absolute Gasteiger partial charge is 0.320 e. The number of hydrogen-bond acceptors (Lipinski definition) is 4. The SMILES string of the molecule is CC(C)OC(=O)CNC1CCCCCC1O. The molecule has 16 heavy (non-hydrogen) atoms. The highest BCUT2D eigenvalue weighted by Gasteiger charge is 2.21. The Labute approximate surface area is 97.4 Å². The third-order valence-electron chi connectivity index (χ3n) is 2.86. The summed E-state index contributed by atoms with van der Waals surface area (Å²) in [4.78, 5) is 11.3. The summed E-state index contributed by atoms with van der Waals surface area (Å²) in [6.07, 6.45) is 4.74. The quantitative estimate of drug-likeness (QED) is 0.562. The molecule has 1 fully saturated rings. The minimum Gasteiger partial charge on any atom is -0.462 e. The van der Waals surface area contributed by atoms with E-state index < -0.39 is 0 Å². The second kappa shape index (κ2) is 6.86. The van der Waals surface area contributed by atoms with Gasteiger partial charge in [0, 0.05) is 6.04 Å². The molecule has 1 saturated carbocycles. The second-order valence-electron chi connectivity index (χ2n) is 4.73. The van der Waals surface area contributed by atoms with Crippen LogP contribution in [-0.4, -0.2) is 35.9 Å². The minimum atomic E-state index is -0.325. The van der Waals surface area contributed by atoms with Crippen LogP contribution in [0.1, 0.15) is 46.0 Å². The first-order valence-corrected chi connectivity index (χ1v) is 6.20. The van der Waals surface area contributed by atoms with Crippen molar-refractivity contribution in [1.82, 2.24) is 5.32 Å². The van der Waals surface area contributed by atoms with Crippen LogP contribution < -0.4 is 5.32 Å². The van der Waals surface area contributed by atoms with Gasteiger partial charge in [-0.15, -0.1) is 0 Å². The van der Waals surface area contributed by atoms with Gasteiger partial charge >= 0.3 is 5.97 Å². The number of hydrogen-bond donors (Lipinski definition) is 2. The van der Waals surface area contributed by atoms with Gasteiger partial charge in [-0.25, -0.2) is 0 Å². The van der Waals surface area contributed by atoms with E-state index in [1.54, 1.807) is 0 Å². The van der Waals surface area contributed by atoms with E-state index in [2.05, 4.69) is 5.32 Å². The zero-order chi connectivity index (χ0) is 12.0. The maximum atomic E-state index is 11.3. The number of nitrogens with one attached hydrogen (secondary N) is 1. The van der Waals surface area contributed by atoms with Gasteiger partial charge in [0.25, 0.3) is 0 Å². The molecule has 1 rings (SSSR count). The van der Waals surface area contributed by atoms with Crippen LogP contribution in [0.4, 0.5) is 0 Å². The number of ether oxygens (including phenoxy) is 1. The van der Waals surface area contributed by atoms with Crippen molar-refractivity contribution in [3.8, 4) is 0 Å². The minimum absolute atomic E-state index is 0.0437. The monoisotopic (exact) mass is 229 g/mol. The van der Waals surface area contributed by atoms with Crippen molar-refractivity contribution in [1.29, 1.82) is 0 Å². The average molecular weight is 229 g/mol. The molecule has 0 aromatic heterocycles. The molecular weight excluding hydrogens is 206 g/mol. The Bertz CT molecular complexity index is 218. The fraction of sp³-hybridized carbons (Fsp3) is 0.917. The molecule has 0 amide bonds. The van der Waals surface area contributed by atoms with E-state index in [0.29, 0.717) is 0 Å². The predicted molar refractivity (Wildman–Crippen MR) is 62.1 cm³/mol. The molecule has 1 aliphatic rings. The molecule has 0 aliphatic heterocycles. The summed E-state index contributed by atoms with van der Waals surface area (Å²) in [6, 6.07) is 0.0437. The Kier molecular flexibility index (Phi) is 5.77. The van der Waals surface area contributed by atoms with Gasteiger partial charge in [-0.05, 0) is 26.7 Å². The van der Waals surface area contributed by atoms with Gasteiger partial charge in [-0.1, -0.05) is 19.3 Å². The molecule has 4 heteroatoms. The summed E-state index contributed by atoms with van der Waals surface area (Å²) >= 11 is 0. The first-order chi connectivity index (χ1) is 7.59. The summed E-state index contributed by atoms with van der Waals surface area (Å²) in [5.74, 6) is -0.244. The van der Waals surface area contributed by atoms with Gasteiger partial charge in [0.05, 0.1) is 18.8 Å². The summed E-state index contributed by atoms with van der Waals surface area (Å²) in [6.45, 7) is 3.86. The van der Waals surface area contributed by atoms with E-state index in [4.69, 9.17) is 4.74 Å². The molecule has 2 unspecified atom stereocenters. The largest absolute Gasteiger partial charge is 0.462 e. The number of rotatable bonds is 4. The number of aliphatic hydroxyl groups is 1. The standard InChI is InChI=1S/C12H23NO3/c1-9(2)16-12(15)8-13-10-6-4-3-5-7-11(10)14/h9-11,13-14H,3-8H2,1-2H3. The highest BCUT2D eigenvalue weighted by Crippen LogP contribution is 2.17. The van der Waals surface area contributed by atoms with Crippen molar-refractivity contribution in [2.24, 2.45) is 0 Å². The Morgan fingerprint density at radius 2 is 2.06 bits per heavy atom. The zero-order valence-corrected chi connectivity index (χ0v) is 10.2. The summed E-state index contributed by atoms with van der Waals surface area (Å²) < 4.78 is 5.02. The third-order valence-corrected chi connectivity index (χ3v) is 2.86. The first kappa shape index (κ1) is 13.5. The van der Waals surface area contributed by atoms with Crippen LogP contribution in [0.15, 0.2) is 0 Å². The lowest BCUT2D eigenvalue weighted by molar-refractivity contribution is -0.146. The van der Waals surface area contributed by atoms with Gasteiger partial charge in [0.1, 0.15) is 0 Å². The topological polar surface area (TPSA) is 58.6 Å². The van der Waals surface area contributed by atoms with E-state index in [1.165, 1.54) is 6.42 Å². The maximum Gasteiger partial charge on any atom is 0.320 e. The lowest BCUT2D eigenvalue weighted by Gasteiger charge is -2.21. The fourth-order valence-electron chi connectivity index (χ4n) is 2.05. The molecule has 0 aromatic carbocycles. The highest BCUT2D eigenvalue weighted by atomic mass is 16.5. The molecule has 2 atom stereocenters. The van der Waals surface area contributed by atoms with Crippen molar-refractivity contribution in [3.05, 3.63) is 0 Å². The second-order valence-corrected chi connectivity index (χ2v) is 4.73. The fourth-order valence-corrected chi connectivity index (χ4v) is 2.05. The van der Waals surface area contributed by atoms with E-state index in [-0.39, 0.29) is 30.8 Å². The molecule has 1 aliphatic carbocycles. The van der Waals surface area contributed by atoms with Gasteiger partial charge in [-0.3, -0.25) is 4.79 Å². The Balaban J connectivity index is 2.26. The lowest BCUT2D eigenvalue weighted by atomic mass is 10.1. The maximum absolute atomic E-state index is 11.3. The average Bonchev–Trinajstić information content (AvgIpc) is 2.39. The predicted octanol–water partition coefficient (Wildman–Crippen LogP) is 1.22. The molecule has 0 spiro atoms. The van der Waals surface area contributed by atoms with E-state index >= 15 is 0 Å². The first-order valence-electron chi connectivity index (χ1n) is 6.20. The van der Waals surface area contributed by atoms with E-state index in [9.17, 15) is 9.90 Å². The number of carbonyl (C=O) groups is 1. The van der Waals surface area contributed by atoms with Crippen LogP contribution in [0.25, 0.3) is 0 Å². The van der Waals surface area contributed by atoms with Gasteiger partial charge in [-0.2, -0.15) is 0 Å². The van der Waals surface area contributed by atoms with Crippen LogP contribution in [0.3, 0.4) is 0 Å². The van der Waals surface area contributed by atoms with Crippen LogP contribution in [0, 0.1) is 0 Å². The third kappa shape index (κ3) is 4.94. The molecule has 0 bridgehead atoms. The van der Waals surface area contributed by atoms with E-state index in [1.807, 2.05) is 13.8 Å². The van der Waals surface area contributed by atoms with Crippen LogP contribution >= 0.6 is 0 Å². The van der Waals surface area contributed by atoms with Crippen LogP contribution in [-0.2, 0) is 9.53 Å². The molecule has 0 aromatic rings. The van der Waals surface area contributed by atoms with Crippen LogP contribution in [0.5, 0.6) is 0 Å². The van der Waals surface area contributed by atoms with Gasteiger partial charge in [0.15, 0.2) is 0 Å². The van der Waals surface area contributed by atoms with Gasteiger partial charge in [0.2, 0.25) is 0 Å². The molecule has 0 heterocycles. The Morgan fingerprint density at radius 3 is 2.75 bits per heavy atom. The summed E-state index contributed by atoms with van der Waals surface area (Å²) in [7, 11) is 0. The van der Waals surface area contributed by atoms with E-state index in [0.717, 1.165) is 25.7 Å². The van der Waals surface area contributed by atoms with Crippen molar-refractivity contribution in [2.45, 2.75) is 64.2 Å².